The molecule has 3 aromatic rings. The lowest BCUT2D eigenvalue weighted by Gasteiger charge is -2.19. The third-order valence-corrected chi connectivity index (χ3v) is 14.8. The molecule has 2 heterocycles. The van der Waals surface area contributed by atoms with Crippen molar-refractivity contribution in [1.82, 2.24) is 9.13 Å². The maximum absolute atomic E-state index is 13.8. The molecule has 0 saturated heterocycles. The first-order valence-corrected chi connectivity index (χ1v) is 28.3. The van der Waals surface area contributed by atoms with Gasteiger partial charge in [0.2, 0.25) is 0 Å². The van der Waals surface area contributed by atoms with Crippen LogP contribution in [0.4, 0.5) is 0 Å². The predicted octanol–water partition coefficient (Wildman–Crippen LogP) is 16.8. The molecule has 0 aliphatic rings. The van der Waals surface area contributed by atoms with E-state index in [9.17, 15) is 19.2 Å². The predicted molar refractivity (Wildman–Crippen MR) is 279 cm³/mol. The first-order chi connectivity index (χ1) is 31.4. The summed E-state index contributed by atoms with van der Waals surface area (Å²) < 4.78 is 3.36. The summed E-state index contributed by atoms with van der Waals surface area (Å²) in [5.41, 5.74) is -0.837. The number of rotatable bonds is 44. The topological polar surface area (TPSA) is 78.1 Å². The lowest BCUT2D eigenvalue weighted by Crippen LogP contribution is -2.29. The Bertz CT molecular complexity index is 1680. The van der Waals surface area contributed by atoms with E-state index in [4.69, 9.17) is 0 Å². The normalized spacial score (nSPS) is 12.9. The monoisotopic (exact) mass is 889 g/mol. The highest BCUT2D eigenvalue weighted by Crippen LogP contribution is 2.27. The molecule has 0 aliphatic heterocycles. The molecular weight excluding hydrogens is 789 g/mol. The molecular formula is C58H100N2O4. The summed E-state index contributed by atoms with van der Waals surface area (Å²) in [6, 6.07) is 3.47. The van der Waals surface area contributed by atoms with Gasteiger partial charge in [-0.05, 0) is 49.7 Å². The number of aromatic nitrogens is 2. The second-order valence-electron chi connectivity index (χ2n) is 20.6. The number of hydrogen-bond acceptors (Lipinski definition) is 4. The molecule has 0 aliphatic carbocycles. The Labute approximate surface area is 392 Å². The van der Waals surface area contributed by atoms with Gasteiger partial charge >= 0.3 is 0 Å². The quantitative estimate of drug-likeness (QED) is 0.0418. The number of hydrogen-bond donors (Lipinski definition) is 0. The number of nitrogens with zero attached hydrogens (tertiary/aromatic N) is 2. The highest BCUT2D eigenvalue weighted by molar-refractivity contribution is 5.95. The van der Waals surface area contributed by atoms with E-state index in [1.807, 2.05) is 0 Å². The van der Waals surface area contributed by atoms with Crippen LogP contribution in [0.2, 0.25) is 0 Å². The van der Waals surface area contributed by atoms with Crippen LogP contribution in [-0.4, -0.2) is 9.13 Å². The summed E-state index contributed by atoms with van der Waals surface area (Å²) in [6.45, 7) is 10.1. The third kappa shape index (κ3) is 21.4. The minimum Gasteiger partial charge on any atom is -0.304 e. The first kappa shape index (κ1) is 55.8. The smallest absolute Gasteiger partial charge is 0.299 e. The molecule has 0 bridgehead atoms. The van der Waals surface area contributed by atoms with Gasteiger partial charge in [-0.2, -0.15) is 0 Å². The van der Waals surface area contributed by atoms with Crippen LogP contribution in [0.3, 0.4) is 0 Å². The van der Waals surface area contributed by atoms with Crippen molar-refractivity contribution in [3.63, 3.8) is 0 Å². The number of unbranched alkanes of at least 4 members (excludes halogenated alkanes) is 32. The van der Waals surface area contributed by atoms with Gasteiger partial charge in [-0.1, -0.05) is 259 Å². The van der Waals surface area contributed by atoms with Crippen LogP contribution in [0.15, 0.2) is 31.3 Å². The molecule has 366 valence electrons. The zero-order chi connectivity index (χ0) is 46.0. The fourth-order valence-electron chi connectivity index (χ4n) is 10.6. The Morgan fingerprint density at radius 1 is 0.312 bits per heavy atom. The van der Waals surface area contributed by atoms with E-state index in [0.717, 1.165) is 51.4 Å². The van der Waals surface area contributed by atoms with Crippen molar-refractivity contribution in [3.05, 3.63) is 53.3 Å². The van der Waals surface area contributed by atoms with E-state index in [0.29, 0.717) is 46.7 Å². The van der Waals surface area contributed by atoms with Crippen molar-refractivity contribution in [2.24, 2.45) is 11.8 Å². The van der Waals surface area contributed by atoms with E-state index in [1.54, 1.807) is 21.3 Å². The van der Waals surface area contributed by atoms with Crippen LogP contribution < -0.4 is 22.0 Å². The van der Waals surface area contributed by atoms with Gasteiger partial charge in [0.1, 0.15) is 0 Å². The second kappa shape index (κ2) is 35.7. The molecule has 3 rings (SSSR count). The average Bonchev–Trinajstić information content (AvgIpc) is 3.67. The summed E-state index contributed by atoms with van der Waals surface area (Å²) >= 11 is 0. The zero-order valence-corrected chi connectivity index (χ0v) is 42.5. The minimum absolute atomic E-state index is 0.307. The molecule has 0 N–H and O–H groups in total. The number of fused-ring (bicyclic) bond motifs is 2. The van der Waals surface area contributed by atoms with E-state index < -0.39 is 22.0 Å². The Hall–Kier alpha value is -2.50. The fourth-order valence-corrected chi connectivity index (χ4v) is 10.6. The molecule has 6 heteroatoms. The van der Waals surface area contributed by atoms with Crippen LogP contribution in [0.5, 0.6) is 0 Å². The largest absolute Gasteiger partial charge is 0.304 e. The molecule has 0 radical (unpaired) electrons. The van der Waals surface area contributed by atoms with E-state index >= 15 is 0 Å². The van der Waals surface area contributed by atoms with Crippen molar-refractivity contribution in [2.45, 2.75) is 298 Å². The average molecular weight is 889 g/mol. The summed E-state index contributed by atoms with van der Waals surface area (Å²) in [4.78, 5) is 55.1. The van der Waals surface area contributed by atoms with Crippen LogP contribution in [0, 0.1) is 11.8 Å². The van der Waals surface area contributed by atoms with E-state index in [-0.39, 0.29) is 0 Å². The third-order valence-electron chi connectivity index (χ3n) is 14.8. The maximum atomic E-state index is 13.8. The maximum Gasteiger partial charge on any atom is 0.299 e. The van der Waals surface area contributed by atoms with E-state index in [1.165, 1.54) is 205 Å². The SMILES string of the molecule is CCCCCCCCCCCCC(CCCCCCCCCC)Cn1c(=O)c(=O)c2cc3c(cc21)c(=O)c(=O)n3CC(CCCCCCCCCC)CCCCCCCCCCCC. The highest BCUT2D eigenvalue weighted by atomic mass is 16.2. The van der Waals surface area contributed by atoms with Crippen LogP contribution >= 0.6 is 0 Å². The summed E-state index contributed by atoms with van der Waals surface area (Å²) in [7, 11) is 0. The van der Waals surface area contributed by atoms with E-state index in [2.05, 4.69) is 27.7 Å². The van der Waals surface area contributed by atoms with Gasteiger partial charge in [0.15, 0.2) is 0 Å². The molecule has 2 atom stereocenters. The minimum atomic E-state index is -0.491. The van der Waals surface area contributed by atoms with Crippen molar-refractivity contribution >= 4 is 21.8 Å². The molecule has 2 aromatic heterocycles. The van der Waals surface area contributed by atoms with Crippen LogP contribution in [0.1, 0.15) is 285 Å². The van der Waals surface area contributed by atoms with Gasteiger partial charge in [0, 0.05) is 13.1 Å². The first-order valence-electron chi connectivity index (χ1n) is 28.3. The highest BCUT2D eigenvalue weighted by Gasteiger charge is 2.23. The Morgan fingerprint density at radius 2 is 0.516 bits per heavy atom. The Morgan fingerprint density at radius 3 is 0.734 bits per heavy atom. The summed E-state index contributed by atoms with van der Waals surface area (Å²) in [6.07, 6.45) is 50.4. The van der Waals surface area contributed by atoms with Gasteiger partial charge in [0.25, 0.3) is 22.0 Å². The van der Waals surface area contributed by atoms with Crippen molar-refractivity contribution in [1.29, 1.82) is 0 Å². The molecule has 0 spiro atoms. The Kier molecular flexibility index (Phi) is 31.1. The standard InChI is InChI=1S/C58H100N2O4/c1-5-9-13-17-21-25-27-31-35-39-43-49(41-37-33-29-23-19-15-11-7-3)47-59-53-45-52-54(46-51(53)55(61)57(59)63)60(58(64)56(52)62)48-50(42-38-34-30-24-20-16-12-8-4)44-40-36-32-28-26-22-18-14-10-6-2/h45-46,49-50H,5-44,47-48H2,1-4H3. The van der Waals surface area contributed by atoms with Gasteiger partial charge < -0.3 is 9.13 Å². The van der Waals surface area contributed by atoms with Crippen LogP contribution in [0.25, 0.3) is 21.8 Å². The van der Waals surface area contributed by atoms with Crippen molar-refractivity contribution in [3.8, 4) is 0 Å². The molecule has 0 saturated carbocycles. The number of benzene rings is 1. The lowest BCUT2D eigenvalue weighted by atomic mass is 9.93. The van der Waals surface area contributed by atoms with Gasteiger partial charge in [-0.15, -0.1) is 0 Å². The molecule has 6 nitrogen and oxygen atoms in total. The van der Waals surface area contributed by atoms with Gasteiger partial charge in [-0.3, -0.25) is 19.2 Å². The van der Waals surface area contributed by atoms with Crippen LogP contribution in [-0.2, 0) is 13.1 Å². The molecule has 64 heavy (non-hydrogen) atoms. The van der Waals surface area contributed by atoms with Crippen molar-refractivity contribution in [2.75, 3.05) is 0 Å². The molecule has 2 unspecified atom stereocenters. The summed E-state index contributed by atoms with van der Waals surface area (Å²) in [5.74, 6) is 0.614. The van der Waals surface area contributed by atoms with Crippen molar-refractivity contribution < 1.29 is 0 Å². The fraction of sp³-hybridized carbons (Fsp3) is 0.828. The second-order valence-corrected chi connectivity index (χ2v) is 20.6. The van der Waals surface area contributed by atoms with Gasteiger partial charge in [-0.25, -0.2) is 0 Å². The molecule has 1 aromatic carbocycles. The molecule has 0 fully saturated rings. The zero-order valence-electron chi connectivity index (χ0n) is 42.5. The summed E-state index contributed by atoms with van der Waals surface area (Å²) in [5, 5.41) is 0.741. The lowest BCUT2D eigenvalue weighted by molar-refractivity contribution is 0.357. The Balaban J connectivity index is 1.74. The molecule has 0 amide bonds. The van der Waals surface area contributed by atoms with Gasteiger partial charge in [0.05, 0.1) is 21.8 Å².